The Hall–Kier alpha value is -3.36. The van der Waals surface area contributed by atoms with Gasteiger partial charge in [-0.05, 0) is 67.6 Å². The number of halogens is 1. The number of hydrogen-bond donors (Lipinski definition) is 1. The zero-order valence-electron chi connectivity index (χ0n) is 24.6. The lowest BCUT2D eigenvalue weighted by Gasteiger charge is -2.35. The number of nitrogens with one attached hydrogen (secondary N) is 1. The molecule has 3 aromatic carbocycles. The van der Waals surface area contributed by atoms with Gasteiger partial charge in [-0.25, -0.2) is 8.42 Å². The molecule has 0 fully saturated rings. The number of nitrogens with zero attached hydrogens (tertiary/aromatic N) is 2. The summed E-state index contributed by atoms with van der Waals surface area (Å²) in [6.07, 6.45) is 1.33. The van der Waals surface area contributed by atoms with Gasteiger partial charge in [-0.3, -0.25) is 13.9 Å². The van der Waals surface area contributed by atoms with E-state index in [9.17, 15) is 18.0 Å². The van der Waals surface area contributed by atoms with E-state index in [1.165, 1.54) is 4.90 Å². The van der Waals surface area contributed by atoms with Crippen molar-refractivity contribution in [3.8, 4) is 0 Å². The number of sulfonamides is 1. The molecule has 3 aromatic rings. The molecule has 0 aromatic heterocycles. The Bertz CT molecular complexity index is 1420. The van der Waals surface area contributed by atoms with Crippen LogP contribution in [0.15, 0.2) is 78.9 Å². The zero-order valence-corrected chi connectivity index (χ0v) is 26.2. The summed E-state index contributed by atoms with van der Waals surface area (Å²) in [6, 6.07) is 22.7. The Morgan fingerprint density at radius 2 is 1.46 bits per heavy atom. The predicted octanol–water partition coefficient (Wildman–Crippen LogP) is 5.78. The molecule has 41 heavy (non-hydrogen) atoms. The molecular weight excluding hydrogens is 558 g/mol. The van der Waals surface area contributed by atoms with Crippen LogP contribution in [0.4, 0.5) is 5.69 Å². The van der Waals surface area contributed by atoms with Gasteiger partial charge in [0.1, 0.15) is 12.6 Å². The lowest BCUT2D eigenvalue weighted by atomic mass is 10.0. The van der Waals surface area contributed by atoms with Crippen molar-refractivity contribution < 1.29 is 18.0 Å². The van der Waals surface area contributed by atoms with Crippen molar-refractivity contribution in [3.05, 3.63) is 101 Å². The van der Waals surface area contributed by atoms with Crippen molar-refractivity contribution in [2.24, 2.45) is 0 Å². The first-order valence-corrected chi connectivity index (χ1v) is 15.8. The molecule has 0 saturated heterocycles. The van der Waals surface area contributed by atoms with Gasteiger partial charge in [0.2, 0.25) is 21.8 Å². The third-order valence-corrected chi connectivity index (χ3v) is 7.95. The van der Waals surface area contributed by atoms with Crippen LogP contribution in [0, 0.1) is 0 Å². The molecule has 0 bridgehead atoms. The third-order valence-electron chi connectivity index (χ3n) is 6.56. The van der Waals surface area contributed by atoms with Crippen molar-refractivity contribution in [3.63, 3.8) is 0 Å². The number of benzene rings is 3. The van der Waals surface area contributed by atoms with E-state index in [4.69, 9.17) is 11.6 Å². The van der Waals surface area contributed by atoms with E-state index in [1.807, 2.05) is 63.2 Å². The summed E-state index contributed by atoms with van der Waals surface area (Å²) in [5, 5.41) is 3.56. The van der Waals surface area contributed by atoms with Gasteiger partial charge in [-0.1, -0.05) is 80.0 Å². The van der Waals surface area contributed by atoms with Crippen LogP contribution in [0.5, 0.6) is 0 Å². The summed E-state index contributed by atoms with van der Waals surface area (Å²) in [5.41, 5.74) is 2.53. The van der Waals surface area contributed by atoms with Crippen LogP contribution in [0.1, 0.15) is 57.2 Å². The summed E-state index contributed by atoms with van der Waals surface area (Å²) in [5.74, 6) is -0.550. The van der Waals surface area contributed by atoms with E-state index in [0.717, 1.165) is 27.3 Å². The molecule has 0 unspecified atom stereocenters. The Morgan fingerprint density at radius 3 is 1.98 bits per heavy atom. The number of rotatable bonds is 11. The summed E-state index contributed by atoms with van der Waals surface area (Å²) in [6.45, 7) is 9.37. The minimum atomic E-state index is -3.82. The maximum Gasteiger partial charge on any atom is 0.244 e. The fourth-order valence-electron chi connectivity index (χ4n) is 4.43. The van der Waals surface area contributed by atoms with Gasteiger partial charge < -0.3 is 10.2 Å². The van der Waals surface area contributed by atoms with Gasteiger partial charge in [0, 0.05) is 23.5 Å². The van der Waals surface area contributed by atoms with Gasteiger partial charge in [0.25, 0.3) is 0 Å². The summed E-state index contributed by atoms with van der Waals surface area (Å²) in [4.78, 5) is 29.4. The van der Waals surface area contributed by atoms with E-state index in [0.29, 0.717) is 10.7 Å². The highest BCUT2D eigenvalue weighted by molar-refractivity contribution is 7.92. The Labute approximate surface area is 249 Å². The van der Waals surface area contributed by atoms with Crippen LogP contribution in [0.2, 0.25) is 5.02 Å². The highest BCUT2D eigenvalue weighted by Crippen LogP contribution is 2.24. The number of carbonyl (C=O) groups excluding carboxylic acids is 2. The summed E-state index contributed by atoms with van der Waals surface area (Å²) in [7, 11) is -3.82. The number of anilines is 1. The molecule has 0 radical (unpaired) electrons. The molecule has 0 spiro atoms. The lowest BCUT2D eigenvalue weighted by molar-refractivity contribution is -0.140. The average molecular weight is 598 g/mol. The first kappa shape index (κ1) is 32.2. The lowest BCUT2D eigenvalue weighted by Crippen LogP contribution is -2.56. The Kier molecular flexibility index (Phi) is 10.6. The second-order valence-corrected chi connectivity index (χ2v) is 14.0. The molecule has 1 atom stereocenters. The highest BCUT2D eigenvalue weighted by Gasteiger charge is 2.34. The van der Waals surface area contributed by atoms with Gasteiger partial charge in [0.15, 0.2) is 0 Å². The normalized spacial score (nSPS) is 12.6. The molecule has 7 nitrogen and oxygen atoms in total. The molecule has 3 rings (SSSR count). The predicted molar refractivity (Wildman–Crippen MR) is 167 cm³/mol. The zero-order chi connectivity index (χ0) is 30.4. The topological polar surface area (TPSA) is 86.8 Å². The fraction of sp³-hybridized carbons (Fsp3) is 0.375. The average Bonchev–Trinajstić information content (AvgIpc) is 2.89. The molecular formula is C32H40ClN3O4S. The van der Waals surface area contributed by atoms with E-state index in [2.05, 4.69) is 19.2 Å². The van der Waals surface area contributed by atoms with Gasteiger partial charge >= 0.3 is 0 Å². The quantitative estimate of drug-likeness (QED) is 0.303. The van der Waals surface area contributed by atoms with E-state index < -0.39 is 34.1 Å². The smallest absolute Gasteiger partial charge is 0.244 e. The largest absolute Gasteiger partial charge is 0.350 e. The van der Waals surface area contributed by atoms with Crippen molar-refractivity contribution in [1.29, 1.82) is 0 Å². The SMILES string of the molecule is CC(C)c1ccc(N(CC(=O)N(Cc2ccc(Cl)cc2)[C@H](Cc2ccccc2)C(=O)NC(C)(C)C)S(C)(=O)=O)cc1. The molecule has 0 heterocycles. The van der Waals surface area contributed by atoms with Crippen molar-refractivity contribution in [1.82, 2.24) is 10.2 Å². The Morgan fingerprint density at radius 1 is 0.878 bits per heavy atom. The number of carbonyl (C=O) groups is 2. The van der Waals surface area contributed by atoms with E-state index in [1.54, 1.807) is 36.4 Å². The molecule has 0 aliphatic rings. The van der Waals surface area contributed by atoms with Crippen molar-refractivity contribution in [2.45, 2.75) is 65.1 Å². The van der Waals surface area contributed by atoms with Crippen LogP contribution < -0.4 is 9.62 Å². The van der Waals surface area contributed by atoms with E-state index >= 15 is 0 Å². The van der Waals surface area contributed by atoms with Gasteiger partial charge in [0.05, 0.1) is 11.9 Å². The van der Waals surface area contributed by atoms with Gasteiger partial charge in [-0.2, -0.15) is 0 Å². The molecule has 9 heteroatoms. The van der Waals surface area contributed by atoms with Crippen LogP contribution in [-0.4, -0.2) is 49.5 Å². The standard InChI is InChI=1S/C32H40ClN3O4S/c1-23(2)26-14-18-28(19-15-26)36(41(6,39)40)22-30(37)35(21-25-12-16-27(33)17-13-25)29(31(38)34-32(3,4)5)20-24-10-8-7-9-11-24/h7-19,23,29H,20-22H2,1-6H3,(H,34,38)/t29-/m1/s1. The monoisotopic (exact) mass is 597 g/mol. The second kappa shape index (κ2) is 13.5. The first-order chi connectivity index (χ1) is 19.1. The van der Waals surface area contributed by atoms with Crippen molar-refractivity contribution >= 4 is 39.1 Å². The molecule has 220 valence electrons. The maximum absolute atomic E-state index is 14.1. The first-order valence-electron chi connectivity index (χ1n) is 13.6. The maximum atomic E-state index is 14.1. The molecule has 2 amide bonds. The van der Waals surface area contributed by atoms with Crippen LogP contribution in [0.3, 0.4) is 0 Å². The number of amides is 2. The Balaban J connectivity index is 2.06. The second-order valence-electron chi connectivity index (χ2n) is 11.6. The minimum absolute atomic E-state index is 0.0922. The molecule has 0 aliphatic carbocycles. The third kappa shape index (κ3) is 9.61. The number of hydrogen-bond acceptors (Lipinski definition) is 4. The van der Waals surface area contributed by atoms with Gasteiger partial charge in [-0.15, -0.1) is 0 Å². The summed E-state index contributed by atoms with van der Waals surface area (Å²) >= 11 is 6.10. The molecule has 1 N–H and O–H groups in total. The van der Waals surface area contributed by atoms with E-state index in [-0.39, 0.29) is 24.8 Å². The van der Waals surface area contributed by atoms with Crippen LogP contribution >= 0.6 is 11.6 Å². The van der Waals surface area contributed by atoms with Crippen molar-refractivity contribution in [2.75, 3.05) is 17.1 Å². The fourth-order valence-corrected chi connectivity index (χ4v) is 5.41. The highest BCUT2D eigenvalue weighted by atomic mass is 35.5. The minimum Gasteiger partial charge on any atom is -0.350 e. The molecule has 0 saturated carbocycles. The molecule has 0 aliphatic heterocycles. The summed E-state index contributed by atoms with van der Waals surface area (Å²) < 4.78 is 27.0. The van der Waals surface area contributed by atoms with Crippen LogP contribution in [-0.2, 0) is 32.6 Å². The van der Waals surface area contributed by atoms with Crippen LogP contribution in [0.25, 0.3) is 0 Å².